The van der Waals surface area contributed by atoms with Gasteiger partial charge in [-0.05, 0) is 29.1 Å². The van der Waals surface area contributed by atoms with Crippen molar-refractivity contribution in [3.05, 3.63) is 29.8 Å². The van der Waals surface area contributed by atoms with Gasteiger partial charge in [-0.3, -0.25) is 11.8 Å². The molecule has 10 heavy (non-hydrogen) atoms. The molecule has 0 bridgehead atoms. The van der Waals surface area contributed by atoms with Gasteiger partial charge in [0.25, 0.3) is 0 Å². The van der Waals surface area contributed by atoms with Crippen molar-refractivity contribution < 1.29 is 0 Å². The number of rotatable bonds is 0. The first-order valence-corrected chi connectivity index (χ1v) is 5.27. The first-order valence-electron chi connectivity index (χ1n) is 3.88. The fourth-order valence-corrected chi connectivity index (χ4v) is 2.98. The summed E-state index contributed by atoms with van der Waals surface area (Å²) in [5.41, 5.74) is 1.61. The Morgan fingerprint density at radius 1 is 1.20 bits per heavy atom. The summed E-state index contributed by atoms with van der Waals surface area (Å²) in [4.78, 5) is 1.66. The first-order chi connectivity index (χ1) is 4.97. The second-order valence-electron chi connectivity index (χ2n) is 2.80. The standard InChI is InChI=1S/C9H13S/c1-2-6-9-8(4-1)5-3-7-10-9/h1-2,4,6H,3,5,7H2,10H3. The predicted octanol–water partition coefficient (Wildman–Crippen LogP) is 1.92. The maximum absolute atomic E-state index is 2.30. The van der Waals surface area contributed by atoms with Gasteiger partial charge in [0.05, 0.1) is 0 Å². The Bertz CT molecular complexity index is 205. The van der Waals surface area contributed by atoms with E-state index in [-0.39, 0.29) is 0 Å². The molecule has 1 heteroatoms. The second-order valence-corrected chi connectivity index (χ2v) is 4.40. The van der Waals surface area contributed by atoms with Crippen LogP contribution in [0.15, 0.2) is 29.2 Å². The summed E-state index contributed by atoms with van der Waals surface area (Å²) >= 11 is 0.615. The second kappa shape index (κ2) is 2.67. The van der Waals surface area contributed by atoms with Crippen LogP contribution in [-0.4, -0.2) is 5.75 Å². The molecule has 0 saturated carbocycles. The highest BCUT2D eigenvalue weighted by atomic mass is 32.2. The van der Waals surface area contributed by atoms with E-state index in [9.17, 15) is 0 Å². The van der Waals surface area contributed by atoms with E-state index in [0.717, 1.165) is 0 Å². The molecule has 0 saturated heterocycles. The molecule has 0 fully saturated rings. The van der Waals surface area contributed by atoms with Gasteiger partial charge in [-0.1, -0.05) is 24.3 Å². The molecular weight excluding hydrogens is 140 g/mol. The van der Waals surface area contributed by atoms with Crippen LogP contribution in [-0.2, 0) is 6.42 Å². The summed E-state index contributed by atoms with van der Waals surface area (Å²) in [6, 6.07) is 8.89. The van der Waals surface area contributed by atoms with Gasteiger partial charge in [-0.25, -0.2) is 0 Å². The summed E-state index contributed by atoms with van der Waals surface area (Å²) in [6.45, 7) is 0. The van der Waals surface area contributed by atoms with Crippen molar-refractivity contribution in [3.8, 4) is 0 Å². The van der Waals surface area contributed by atoms with E-state index < -0.39 is 0 Å². The highest BCUT2D eigenvalue weighted by Gasteiger charge is 2.03. The molecule has 1 heterocycles. The monoisotopic (exact) mass is 153 g/mol. The summed E-state index contributed by atoms with van der Waals surface area (Å²) in [5.74, 6) is 1.47. The van der Waals surface area contributed by atoms with Gasteiger partial charge in [0.1, 0.15) is 0 Å². The molecule has 1 aliphatic rings. The Kier molecular flexibility index (Phi) is 1.68. The fourth-order valence-electron chi connectivity index (χ4n) is 1.51. The van der Waals surface area contributed by atoms with E-state index in [1.54, 1.807) is 10.5 Å². The maximum atomic E-state index is 2.30. The van der Waals surface area contributed by atoms with E-state index in [1.165, 1.54) is 18.6 Å². The lowest BCUT2D eigenvalue weighted by molar-refractivity contribution is 0.890. The van der Waals surface area contributed by atoms with Crippen molar-refractivity contribution in [3.63, 3.8) is 0 Å². The third-order valence-corrected chi connectivity index (χ3v) is 3.77. The smallest absolute Gasteiger partial charge is 0.0205 e. The van der Waals surface area contributed by atoms with Gasteiger partial charge in [0.2, 0.25) is 0 Å². The lowest BCUT2D eigenvalue weighted by Crippen LogP contribution is -1.96. The van der Waals surface area contributed by atoms with E-state index in [4.69, 9.17) is 0 Å². The van der Waals surface area contributed by atoms with Gasteiger partial charge in [-0.15, -0.1) is 0 Å². The largest absolute Gasteiger partial charge is 0.269 e. The minimum absolute atomic E-state index is 0.615. The van der Waals surface area contributed by atoms with Crippen molar-refractivity contribution in [1.82, 2.24) is 0 Å². The zero-order valence-corrected chi connectivity index (χ0v) is 7.16. The van der Waals surface area contributed by atoms with E-state index >= 15 is 0 Å². The molecule has 0 N–H and O–H groups in total. The van der Waals surface area contributed by atoms with Crippen LogP contribution < -0.4 is 0 Å². The van der Waals surface area contributed by atoms with E-state index in [2.05, 4.69) is 24.3 Å². The molecule has 1 aliphatic heterocycles. The van der Waals surface area contributed by atoms with Crippen LogP contribution >= 0.6 is 11.8 Å². The molecule has 0 spiro atoms. The predicted molar refractivity (Wildman–Crippen MR) is 49.7 cm³/mol. The van der Waals surface area contributed by atoms with Crippen LogP contribution in [0.1, 0.15) is 12.0 Å². The van der Waals surface area contributed by atoms with Crippen LogP contribution in [0.4, 0.5) is 0 Å². The molecule has 0 unspecified atom stereocenters. The average Bonchev–Trinajstić information content (AvgIpc) is 2.05. The number of benzene rings is 1. The summed E-state index contributed by atoms with van der Waals surface area (Å²) < 4.78 is 0. The highest BCUT2D eigenvalue weighted by molar-refractivity contribution is 7.99. The zero-order chi connectivity index (χ0) is 6.81. The van der Waals surface area contributed by atoms with Crippen molar-refractivity contribution in [2.75, 3.05) is 5.75 Å². The van der Waals surface area contributed by atoms with Crippen LogP contribution in [0.25, 0.3) is 0 Å². The average molecular weight is 153 g/mol. The quantitative estimate of drug-likeness (QED) is 0.534. The fraction of sp³-hybridized carbons (Fsp3) is 0.333. The van der Waals surface area contributed by atoms with Crippen LogP contribution in [0.3, 0.4) is 0 Å². The van der Waals surface area contributed by atoms with Crippen molar-refractivity contribution in [1.29, 1.82) is 0 Å². The molecule has 0 aromatic heterocycles. The normalized spacial score (nSPS) is 17.2. The molecule has 0 aliphatic carbocycles. The Morgan fingerprint density at radius 2 is 2.10 bits per heavy atom. The van der Waals surface area contributed by atoms with Gasteiger partial charge in [0.15, 0.2) is 0 Å². The third-order valence-electron chi connectivity index (χ3n) is 2.07. The minimum atomic E-state index is 0.615. The number of hydrogen-bond acceptors (Lipinski definition) is 0. The molecule has 55 valence electrons. The number of aryl methyl sites for hydroxylation is 1. The summed E-state index contributed by atoms with van der Waals surface area (Å²) in [7, 11) is 0. The third kappa shape index (κ3) is 1.06. The van der Waals surface area contributed by atoms with Gasteiger partial charge in [-0.2, -0.15) is 0 Å². The van der Waals surface area contributed by atoms with Crippen molar-refractivity contribution in [2.45, 2.75) is 17.7 Å². The van der Waals surface area contributed by atoms with Crippen molar-refractivity contribution >= 4 is 11.8 Å². The molecule has 2 rings (SSSR count). The van der Waals surface area contributed by atoms with Crippen LogP contribution in [0, 0.1) is 0 Å². The molecule has 0 atom stereocenters. The Morgan fingerprint density at radius 3 is 3.00 bits per heavy atom. The van der Waals surface area contributed by atoms with E-state index in [1.807, 2.05) is 0 Å². The van der Waals surface area contributed by atoms with Gasteiger partial charge < -0.3 is 0 Å². The lowest BCUT2D eigenvalue weighted by Gasteiger charge is -2.16. The van der Waals surface area contributed by atoms with Crippen LogP contribution in [0.2, 0.25) is 0 Å². The SMILES string of the molecule is c1ccc2c(c1)CCC[SH3]2. The number of hydrogen-bond donors (Lipinski definition) is 0. The topological polar surface area (TPSA) is 0 Å². The van der Waals surface area contributed by atoms with E-state index in [0.29, 0.717) is 11.8 Å². The van der Waals surface area contributed by atoms with Gasteiger partial charge in [0, 0.05) is 0 Å². The molecule has 1 aromatic carbocycles. The first kappa shape index (κ1) is 6.29. The molecule has 0 nitrogen and oxygen atoms in total. The Balaban J connectivity index is 2.41. The summed E-state index contributed by atoms with van der Waals surface area (Å²) in [6.07, 6.45) is 2.75. The minimum Gasteiger partial charge on any atom is -0.269 e. The number of fused-ring (bicyclic) bond motifs is 1. The maximum Gasteiger partial charge on any atom is -0.0205 e. The lowest BCUT2D eigenvalue weighted by atomic mass is 10.1. The van der Waals surface area contributed by atoms with Gasteiger partial charge >= 0.3 is 0 Å². The van der Waals surface area contributed by atoms with Crippen molar-refractivity contribution in [2.24, 2.45) is 0 Å². The molecular formula is C9H13S. The highest BCUT2D eigenvalue weighted by Crippen LogP contribution is 2.28. The summed E-state index contributed by atoms with van der Waals surface area (Å²) in [5, 5.41) is 0. The van der Waals surface area contributed by atoms with Crippen LogP contribution in [0.5, 0.6) is 0 Å². The molecule has 1 aromatic rings. The Hall–Kier alpha value is -0.430. The molecule has 0 amide bonds. The zero-order valence-electron chi connectivity index (χ0n) is 6.01. The Labute approximate surface area is 65.6 Å². The molecule has 1 radical (unpaired) electrons.